The molecule has 0 saturated carbocycles. The summed E-state index contributed by atoms with van der Waals surface area (Å²) in [6.45, 7) is 3.47. The van der Waals surface area contributed by atoms with Gasteiger partial charge in [0.25, 0.3) is 11.5 Å². The van der Waals surface area contributed by atoms with E-state index in [0.717, 1.165) is 5.56 Å². The van der Waals surface area contributed by atoms with Crippen LogP contribution in [-0.4, -0.2) is 15.3 Å². The fraction of sp³-hybridized carbons (Fsp3) is 0.107. The molecule has 0 aliphatic heterocycles. The highest BCUT2D eigenvalue weighted by Crippen LogP contribution is 2.28. The topological polar surface area (TPSA) is 86.2 Å². The lowest BCUT2D eigenvalue weighted by Crippen LogP contribution is -2.23. The van der Waals surface area contributed by atoms with Gasteiger partial charge in [-0.25, -0.2) is 4.68 Å². The number of aromatic nitrogens is 2. The summed E-state index contributed by atoms with van der Waals surface area (Å²) in [5.41, 5.74) is 2.43. The summed E-state index contributed by atoms with van der Waals surface area (Å²) in [5.74, 6) is -0.127. The zero-order valence-electron chi connectivity index (χ0n) is 19.5. The van der Waals surface area contributed by atoms with Gasteiger partial charge in [0.05, 0.1) is 22.3 Å². The summed E-state index contributed by atoms with van der Waals surface area (Å²) in [4.78, 5) is 39.8. The van der Waals surface area contributed by atoms with Gasteiger partial charge in [0.2, 0.25) is 0 Å². The van der Waals surface area contributed by atoms with Crippen LogP contribution in [0.5, 0.6) is 0 Å². The van der Waals surface area contributed by atoms with Crippen LogP contribution >= 0.6 is 0 Å². The summed E-state index contributed by atoms with van der Waals surface area (Å²) in [6, 6.07) is 23.3. The van der Waals surface area contributed by atoms with Crippen LogP contribution in [0.2, 0.25) is 0 Å². The minimum absolute atomic E-state index is 0.163. The third kappa shape index (κ3) is 3.67. The highest BCUT2D eigenvalue weighted by Gasteiger charge is 2.22. The number of para-hydroxylation sites is 2. The van der Waals surface area contributed by atoms with E-state index in [0.29, 0.717) is 28.1 Å². The third-order valence-electron chi connectivity index (χ3n) is 6.22. The molecule has 174 valence electrons. The highest BCUT2D eigenvalue weighted by molar-refractivity contribution is 6.11. The predicted octanol–water partition coefficient (Wildman–Crippen LogP) is 4.82. The molecule has 1 amide bonds. The van der Waals surface area contributed by atoms with Crippen LogP contribution in [-0.2, 0) is 7.05 Å². The molecule has 0 radical (unpaired) electrons. The monoisotopic (exact) mass is 465 g/mol. The molecule has 0 saturated heterocycles. The summed E-state index contributed by atoms with van der Waals surface area (Å²) >= 11 is 0. The van der Waals surface area contributed by atoms with Crippen molar-refractivity contribution >= 4 is 22.6 Å². The van der Waals surface area contributed by atoms with Crippen LogP contribution in [0.4, 0.5) is 5.69 Å². The van der Waals surface area contributed by atoms with E-state index in [4.69, 9.17) is 4.42 Å². The van der Waals surface area contributed by atoms with Crippen molar-refractivity contribution in [2.75, 3.05) is 5.32 Å². The number of carbonyl (C=O) groups is 1. The molecule has 1 N–H and O–H groups in total. The number of anilines is 1. The van der Waals surface area contributed by atoms with Crippen molar-refractivity contribution in [2.45, 2.75) is 13.8 Å². The first-order valence-electron chi connectivity index (χ1n) is 11.2. The molecule has 2 heterocycles. The van der Waals surface area contributed by atoms with Gasteiger partial charge in [0, 0.05) is 18.2 Å². The van der Waals surface area contributed by atoms with Crippen LogP contribution in [0, 0.1) is 13.8 Å². The molecule has 0 aliphatic carbocycles. The fourth-order valence-corrected chi connectivity index (χ4v) is 4.25. The number of hydrogen-bond acceptors (Lipinski definition) is 4. The molecular weight excluding hydrogens is 442 g/mol. The number of nitrogens with zero attached hydrogens (tertiary/aromatic N) is 2. The van der Waals surface area contributed by atoms with Gasteiger partial charge in [-0.15, -0.1) is 0 Å². The van der Waals surface area contributed by atoms with Gasteiger partial charge in [-0.3, -0.25) is 19.1 Å². The van der Waals surface area contributed by atoms with Crippen molar-refractivity contribution in [1.82, 2.24) is 9.36 Å². The van der Waals surface area contributed by atoms with Gasteiger partial charge >= 0.3 is 0 Å². The van der Waals surface area contributed by atoms with Crippen molar-refractivity contribution in [1.29, 1.82) is 0 Å². The van der Waals surface area contributed by atoms with Gasteiger partial charge in [-0.05, 0) is 38.1 Å². The Morgan fingerprint density at radius 1 is 0.857 bits per heavy atom. The van der Waals surface area contributed by atoms with Gasteiger partial charge in [-0.1, -0.05) is 54.6 Å². The second-order valence-electron chi connectivity index (χ2n) is 8.32. The number of fused-ring (bicyclic) bond motifs is 1. The lowest BCUT2D eigenvalue weighted by molar-refractivity contribution is 0.102. The standard InChI is InChI=1S/C28H23N3O4/c1-17-24(32)21-15-10-16-22(26(21)35-25(17)19-11-6-4-7-12-19)27(33)29-23-18(2)30(3)31(28(23)34)20-13-8-5-9-14-20/h4-16H,1-3H3,(H,29,33). The summed E-state index contributed by atoms with van der Waals surface area (Å²) in [6.07, 6.45) is 0. The Morgan fingerprint density at radius 2 is 1.51 bits per heavy atom. The van der Waals surface area contributed by atoms with Crippen LogP contribution in [0.3, 0.4) is 0 Å². The molecule has 0 unspecified atom stereocenters. The summed E-state index contributed by atoms with van der Waals surface area (Å²) in [5, 5.41) is 3.06. The number of benzene rings is 3. The Balaban J connectivity index is 1.62. The van der Waals surface area contributed by atoms with E-state index in [1.165, 1.54) is 4.68 Å². The quantitative estimate of drug-likeness (QED) is 0.412. The van der Waals surface area contributed by atoms with E-state index in [1.54, 1.807) is 43.8 Å². The molecule has 0 spiro atoms. The first kappa shape index (κ1) is 22.2. The maximum atomic E-state index is 13.4. The molecule has 0 fully saturated rings. The second-order valence-corrected chi connectivity index (χ2v) is 8.32. The SMILES string of the molecule is Cc1c(-c2ccccc2)oc2c(C(=O)Nc3c(C)n(C)n(-c4ccccc4)c3=O)cccc2c1=O. The molecule has 35 heavy (non-hydrogen) atoms. The van der Waals surface area contributed by atoms with Gasteiger partial charge in [0.1, 0.15) is 11.4 Å². The first-order chi connectivity index (χ1) is 16.9. The van der Waals surface area contributed by atoms with E-state index >= 15 is 0 Å². The van der Waals surface area contributed by atoms with Crippen LogP contribution in [0.15, 0.2) is 92.9 Å². The average molecular weight is 466 g/mol. The minimum Gasteiger partial charge on any atom is -0.455 e. The lowest BCUT2D eigenvalue weighted by atomic mass is 10.0. The number of rotatable bonds is 4. The van der Waals surface area contributed by atoms with Crippen molar-refractivity contribution in [3.05, 3.63) is 116 Å². The largest absolute Gasteiger partial charge is 0.455 e. The summed E-state index contributed by atoms with van der Waals surface area (Å²) in [7, 11) is 1.76. The minimum atomic E-state index is -0.535. The Kier molecular flexibility index (Phi) is 5.45. The van der Waals surface area contributed by atoms with Crippen LogP contribution in [0.25, 0.3) is 28.0 Å². The highest BCUT2D eigenvalue weighted by atomic mass is 16.3. The maximum absolute atomic E-state index is 13.4. The molecule has 0 bridgehead atoms. The van der Waals surface area contributed by atoms with E-state index in [2.05, 4.69) is 5.32 Å². The van der Waals surface area contributed by atoms with Crippen LogP contribution < -0.4 is 16.3 Å². The summed E-state index contributed by atoms with van der Waals surface area (Å²) < 4.78 is 9.34. The molecular formula is C28H23N3O4. The van der Waals surface area contributed by atoms with Gasteiger partial charge in [-0.2, -0.15) is 0 Å². The Hall–Kier alpha value is -4.65. The Labute approximate surface area is 200 Å². The zero-order valence-corrected chi connectivity index (χ0v) is 19.5. The normalized spacial score (nSPS) is 11.1. The molecule has 7 nitrogen and oxygen atoms in total. The Bertz CT molecular complexity index is 1690. The molecule has 5 aromatic rings. The number of amides is 1. The number of hydrogen-bond donors (Lipinski definition) is 1. The number of nitrogens with one attached hydrogen (secondary N) is 1. The molecule has 7 heteroatoms. The van der Waals surface area contributed by atoms with Crippen molar-refractivity contribution in [3.63, 3.8) is 0 Å². The third-order valence-corrected chi connectivity index (χ3v) is 6.22. The van der Waals surface area contributed by atoms with E-state index in [1.807, 2.05) is 60.7 Å². The molecule has 0 atom stereocenters. The molecule has 2 aromatic heterocycles. The van der Waals surface area contributed by atoms with Crippen molar-refractivity contribution in [3.8, 4) is 17.0 Å². The van der Waals surface area contributed by atoms with Crippen molar-refractivity contribution in [2.24, 2.45) is 7.05 Å². The molecule has 3 aromatic carbocycles. The first-order valence-corrected chi connectivity index (χ1v) is 11.2. The number of carbonyl (C=O) groups excluding carboxylic acids is 1. The average Bonchev–Trinajstić information content (AvgIpc) is 3.09. The predicted molar refractivity (Wildman–Crippen MR) is 136 cm³/mol. The van der Waals surface area contributed by atoms with Crippen molar-refractivity contribution < 1.29 is 9.21 Å². The zero-order chi connectivity index (χ0) is 24.7. The van der Waals surface area contributed by atoms with E-state index in [-0.39, 0.29) is 27.8 Å². The fourth-order valence-electron chi connectivity index (χ4n) is 4.25. The van der Waals surface area contributed by atoms with Crippen LogP contribution in [0.1, 0.15) is 21.6 Å². The van der Waals surface area contributed by atoms with E-state index in [9.17, 15) is 14.4 Å². The van der Waals surface area contributed by atoms with Gasteiger partial charge < -0.3 is 9.73 Å². The van der Waals surface area contributed by atoms with Gasteiger partial charge in [0.15, 0.2) is 11.0 Å². The smallest absolute Gasteiger partial charge is 0.295 e. The molecule has 5 rings (SSSR count). The molecule has 0 aliphatic rings. The lowest BCUT2D eigenvalue weighted by Gasteiger charge is -2.10. The van der Waals surface area contributed by atoms with E-state index < -0.39 is 5.91 Å². The Morgan fingerprint density at radius 3 is 2.20 bits per heavy atom. The second kappa shape index (κ2) is 8.61. The maximum Gasteiger partial charge on any atom is 0.295 e.